The number of anilines is 1. The Kier molecular flexibility index (Phi) is 7.01. The van der Waals surface area contributed by atoms with Crippen LogP contribution in [0.25, 0.3) is 11.3 Å². The van der Waals surface area contributed by atoms with Gasteiger partial charge in [-0.2, -0.15) is 0 Å². The van der Waals surface area contributed by atoms with Crippen molar-refractivity contribution in [1.29, 1.82) is 0 Å². The third-order valence-electron chi connectivity index (χ3n) is 5.78. The number of pyridine rings is 1. The molecule has 2 unspecified atom stereocenters. The lowest BCUT2D eigenvalue weighted by Crippen LogP contribution is -2.42. The molecule has 33 heavy (non-hydrogen) atoms. The molecule has 0 saturated carbocycles. The first-order chi connectivity index (χ1) is 15.8. The van der Waals surface area contributed by atoms with Gasteiger partial charge < -0.3 is 10.2 Å². The maximum atomic E-state index is 13.0. The zero-order valence-electron chi connectivity index (χ0n) is 18.5. The molecule has 0 aliphatic carbocycles. The summed E-state index contributed by atoms with van der Waals surface area (Å²) in [5, 5.41) is 3.62. The fraction of sp³-hybridized carbons (Fsp3) is 0.269. The highest BCUT2D eigenvalue weighted by Crippen LogP contribution is 2.30. The van der Waals surface area contributed by atoms with Crippen LogP contribution in [-0.2, 0) is 0 Å². The number of nitrogens with one attached hydrogen (secondary N) is 1. The van der Waals surface area contributed by atoms with Crippen molar-refractivity contribution in [2.45, 2.75) is 20.3 Å². The minimum Gasteiger partial charge on any atom is -0.338 e. The number of aromatic nitrogens is 1. The summed E-state index contributed by atoms with van der Waals surface area (Å²) in [6.07, 6.45) is 2.81. The predicted molar refractivity (Wildman–Crippen MR) is 133 cm³/mol. The van der Waals surface area contributed by atoms with Gasteiger partial charge in [0, 0.05) is 36.1 Å². The van der Waals surface area contributed by atoms with Gasteiger partial charge in [-0.25, -0.2) is 0 Å². The van der Waals surface area contributed by atoms with Crippen molar-refractivity contribution in [3.05, 3.63) is 82.0 Å². The zero-order valence-corrected chi connectivity index (χ0v) is 20.0. The number of amides is 2. The molecule has 4 rings (SSSR count). The molecule has 2 aromatic carbocycles. The molecule has 0 radical (unpaired) electrons. The van der Waals surface area contributed by atoms with E-state index in [9.17, 15) is 9.59 Å². The molecule has 7 heteroatoms. The summed E-state index contributed by atoms with van der Waals surface area (Å²) in [5.74, 6) is 0.510. The lowest BCUT2D eigenvalue weighted by Gasteiger charge is -2.35. The molecule has 2 atom stereocenters. The Balaban J connectivity index is 1.51. The van der Waals surface area contributed by atoms with Crippen LogP contribution in [0.3, 0.4) is 0 Å². The normalized spacial score (nSPS) is 18.1. The zero-order chi connectivity index (χ0) is 23.5. The molecule has 1 aromatic heterocycles. The number of hydrogen-bond acceptors (Lipinski definition) is 3. The largest absolute Gasteiger partial charge is 0.338 e. The fourth-order valence-electron chi connectivity index (χ4n) is 4.36. The SMILES string of the molecule is CC1CC(C)CN(C(=O)c2ccc(C(=O)Nc3ccc(Cl)c(-c4ccccn4)c3)c(Cl)c2)C1. The Labute approximate surface area is 203 Å². The first kappa shape index (κ1) is 23.3. The number of halogens is 2. The van der Waals surface area contributed by atoms with E-state index >= 15 is 0 Å². The average molecular weight is 482 g/mol. The number of carbonyl (C=O) groups is 2. The second kappa shape index (κ2) is 9.94. The van der Waals surface area contributed by atoms with Crippen LogP contribution in [0.4, 0.5) is 5.69 Å². The molecule has 1 fully saturated rings. The Hall–Kier alpha value is -2.89. The standard InChI is InChI=1S/C26H25Cl2N3O2/c1-16-11-17(2)15-31(14-16)26(33)18-6-8-20(23(28)12-18)25(32)30-19-7-9-22(27)21(13-19)24-5-3-4-10-29-24/h3-10,12-13,16-17H,11,14-15H2,1-2H3,(H,30,32). The quantitative estimate of drug-likeness (QED) is 0.467. The lowest BCUT2D eigenvalue weighted by molar-refractivity contribution is 0.0623. The monoisotopic (exact) mass is 481 g/mol. The average Bonchev–Trinajstić information content (AvgIpc) is 2.79. The van der Waals surface area contributed by atoms with E-state index in [2.05, 4.69) is 24.1 Å². The number of hydrogen-bond donors (Lipinski definition) is 1. The van der Waals surface area contributed by atoms with Crippen molar-refractivity contribution in [1.82, 2.24) is 9.88 Å². The van der Waals surface area contributed by atoms with E-state index in [1.54, 1.807) is 42.6 Å². The molecule has 0 spiro atoms. The van der Waals surface area contributed by atoms with E-state index in [0.29, 0.717) is 44.9 Å². The van der Waals surface area contributed by atoms with Crippen molar-refractivity contribution in [2.24, 2.45) is 11.8 Å². The Bertz CT molecular complexity index is 1170. The fourth-order valence-corrected chi connectivity index (χ4v) is 4.84. The van der Waals surface area contributed by atoms with E-state index in [1.807, 2.05) is 23.1 Å². The highest BCUT2D eigenvalue weighted by atomic mass is 35.5. The van der Waals surface area contributed by atoms with E-state index in [1.165, 1.54) is 0 Å². The van der Waals surface area contributed by atoms with Crippen molar-refractivity contribution >= 4 is 40.7 Å². The van der Waals surface area contributed by atoms with Gasteiger partial charge in [0.25, 0.3) is 11.8 Å². The number of nitrogens with zero attached hydrogens (tertiary/aromatic N) is 2. The van der Waals surface area contributed by atoms with Gasteiger partial charge in [-0.3, -0.25) is 14.6 Å². The highest BCUT2D eigenvalue weighted by Gasteiger charge is 2.26. The first-order valence-electron chi connectivity index (χ1n) is 10.9. The molecule has 3 aromatic rings. The van der Waals surface area contributed by atoms with Gasteiger partial charge in [-0.15, -0.1) is 0 Å². The van der Waals surface area contributed by atoms with Crippen LogP contribution in [0.1, 0.15) is 41.0 Å². The van der Waals surface area contributed by atoms with Crippen LogP contribution in [0, 0.1) is 11.8 Å². The number of rotatable bonds is 4. The maximum absolute atomic E-state index is 13.0. The van der Waals surface area contributed by atoms with Crippen LogP contribution in [0.5, 0.6) is 0 Å². The summed E-state index contributed by atoms with van der Waals surface area (Å²) in [6, 6.07) is 15.6. The van der Waals surface area contributed by atoms with Gasteiger partial charge in [0.05, 0.1) is 21.3 Å². The summed E-state index contributed by atoms with van der Waals surface area (Å²) in [7, 11) is 0. The minimum atomic E-state index is -0.367. The number of benzene rings is 2. The highest BCUT2D eigenvalue weighted by molar-refractivity contribution is 6.35. The second-order valence-corrected chi connectivity index (χ2v) is 9.53. The Morgan fingerprint density at radius 2 is 1.73 bits per heavy atom. The van der Waals surface area contributed by atoms with Gasteiger partial charge in [-0.1, -0.05) is 43.1 Å². The van der Waals surface area contributed by atoms with Crippen LogP contribution >= 0.6 is 23.2 Å². The van der Waals surface area contributed by atoms with Crippen molar-refractivity contribution in [3.63, 3.8) is 0 Å². The number of likely N-dealkylation sites (tertiary alicyclic amines) is 1. The summed E-state index contributed by atoms with van der Waals surface area (Å²) < 4.78 is 0. The van der Waals surface area contributed by atoms with E-state index in [-0.39, 0.29) is 16.8 Å². The molecule has 1 saturated heterocycles. The number of piperidine rings is 1. The van der Waals surface area contributed by atoms with E-state index < -0.39 is 0 Å². The Morgan fingerprint density at radius 1 is 0.970 bits per heavy atom. The van der Waals surface area contributed by atoms with Gasteiger partial charge in [0.2, 0.25) is 0 Å². The lowest BCUT2D eigenvalue weighted by atomic mass is 9.91. The van der Waals surface area contributed by atoms with Gasteiger partial charge in [0.15, 0.2) is 0 Å². The molecule has 1 aliphatic heterocycles. The maximum Gasteiger partial charge on any atom is 0.257 e. The van der Waals surface area contributed by atoms with Crippen LogP contribution in [0.2, 0.25) is 10.0 Å². The third kappa shape index (κ3) is 5.37. The van der Waals surface area contributed by atoms with E-state index in [4.69, 9.17) is 23.2 Å². The van der Waals surface area contributed by atoms with Crippen molar-refractivity contribution < 1.29 is 9.59 Å². The summed E-state index contributed by atoms with van der Waals surface area (Å²) in [4.78, 5) is 32.1. The predicted octanol–water partition coefficient (Wildman–Crippen LogP) is 6.43. The van der Waals surface area contributed by atoms with Crippen molar-refractivity contribution in [2.75, 3.05) is 18.4 Å². The van der Waals surface area contributed by atoms with Crippen LogP contribution in [-0.4, -0.2) is 34.8 Å². The third-order valence-corrected chi connectivity index (χ3v) is 6.42. The van der Waals surface area contributed by atoms with Gasteiger partial charge in [-0.05, 0) is 66.8 Å². The van der Waals surface area contributed by atoms with Crippen molar-refractivity contribution in [3.8, 4) is 11.3 Å². The Morgan fingerprint density at radius 3 is 2.39 bits per heavy atom. The second-order valence-electron chi connectivity index (χ2n) is 8.71. The molecule has 1 aliphatic rings. The topological polar surface area (TPSA) is 62.3 Å². The molecular weight excluding hydrogens is 457 g/mol. The molecule has 170 valence electrons. The summed E-state index contributed by atoms with van der Waals surface area (Å²) >= 11 is 12.7. The molecular formula is C26H25Cl2N3O2. The summed E-state index contributed by atoms with van der Waals surface area (Å²) in [6.45, 7) is 5.79. The molecule has 2 amide bonds. The minimum absolute atomic E-state index is 0.0556. The molecule has 2 heterocycles. The summed E-state index contributed by atoms with van der Waals surface area (Å²) in [5.41, 5.74) is 2.77. The molecule has 5 nitrogen and oxygen atoms in total. The number of carbonyl (C=O) groups excluding carboxylic acids is 2. The first-order valence-corrected chi connectivity index (χ1v) is 11.7. The van der Waals surface area contributed by atoms with Gasteiger partial charge >= 0.3 is 0 Å². The van der Waals surface area contributed by atoms with Gasteiger partial charge in [0.1, 0.15) is 0 Å². The van der Waals surface area contributed by atoms with Crippen LogP contribution < -0.4 is 5.32 Å². The molecule has 0 bridgehead atoms. The van der Waals surface area contributed by atoms with E-state index in [0.717, 1.165) is 19.5 Å². The molecule has 1 N–H and O–H groups in total. The van der Waals surface area contributed by atoms with Crippen LogP contribution in [0.15, 0.2) is 60.8 Å². The smallest absolute Gasteiger partial charge is 0.257 e.